The predicted molar refractivity (Wildman–Crippen MR) is 81.9 cm³/mol. The largest absolute Gasteiger partial charge is 0.507 e. The van der Waals surface area contributed by atoms with Crippen LogP contribution in [0.3, 0.4) is 0 Å². The number of hydrogen-bond donors (Lipinski definition) is 2. The first-order chi connectivity index (χ1) is 10.2. The van der Waals surface area contributed by atoms with Crippen LogP contribution in [0.1, 0.15) is 37.0 Å². The lowest BCUT2D eigenvalue weighted by molar-refractivity contribution is -0.910. The lowest BCUT2D eigenvalue weighted by atomic mass is 10.0. The summed E-state index contributed by atoms with van der Waals surface area (Å²) in [6, 6.07) is 3.62. The Morgan fingerprint density at radius 3 is 2.62 bits per heavy atom. The highest BCUT2D eigenvalue weighted by Gasteiger charge is 2.23. The summed E-state index contributed by atoms with van der Waals surface area (Å²) in [5, 5.41) is 11.2. The Bertz CT molecular complexity index is 729. The predicted octanol–water partition coefficient (Wildman–Crippen LogP) is 1.41. The minimum absolute atomic E-state index is 0.225. The maximum Gasteiger partial charge on any atom is 0.339 e. The van der Waals surface area contributed by atoms with Gasteiger partial charge in [-0.05, 0) is 50.8 Å². The van der Waals surface area contributed by atoms with Crippen molar-refractivity contribution < 1.29 is 14.4 Å². The number of fused-ring (bicyclic) bond motifs is 3. The molecule has 2 aromatic rings. The van der Waals surface area contributed by atoms with Gasteiger partial charge in [0.25, 0.3) is 0 Å². The zero-order valence-corrected chi connectivity index (χ0v) is 12.7. The molecule has 0 bridgehead atoms. The second kappa shape index (κ2) is 5.53. The average Bonchev–Trinajstić information content (AvgIpc) is 2.97. The third-order valence-electron chi connectivity index (χ3n) is 4.65. The van der Waals surface area contributed by atoms with Crippen LogP contribution in [0.5, 0.6) is 5.75 Å². The van der Waals surface area contributed by atoms with E-state index in [9.17, 15) is 9.90 Å². The molecule has 1 aliphatic rings. The van der Waals surface area contributed by atoms with Crippen LogP contribution in [0, 0.1) is 0 Å². The number of aromatic hydroxyl groups is 1. The van der Waals surface area contributed by atoms with E-state index in [4.69, 9.17) is 4.42 Å². The summed E-state index contributed by atoms with van der Waals surface area (Å²) >= 11 is 0. The number of rotatable bonds is 4. The first-order valence-corrected chi connectivity index (χ1v) is 7.78. The summed E-state index contributed by atoms with van der Waals surface area (Å²) in [5.74, 6) is 0.225. The van der Waals surface area contributed by atoms with Crippen molar-refractivity contribution in [3.05, 3.63) is 39.2 Å². The molecule has 3 rings (SSSR count). The fraction of sp³-hybridized carbons (Fsp3) is 0.471. The minimum Gasteiger partial charge on any atom is -0.507 e. The van der Waals surface area contributed by atoms with Crippen LogP contribution in [-0.2, 0) is 19.4 Å². The first kappa shape index (κ1) is 14.1. The lowest BCUT2D eigenvalue weighted by Crippen LogP contribution is -3.10. The van der Waals surface area contributed by atoms with Crippen molar-refractivity contribution in [2.75, 3.05) is 13.1 Å². The zero-order valence-electron chi connectivity index (χ0n) is 12.7. The molecule has 1 aromatic heterocycles. The van der Waals surface area contributed by atoms with Crippen molar-refractivity contribution >= 4 is 11.0 Å². The molecule has 0 aliphatic heterocycles. The second-order valence-corrected chi connectivity index (χ2v) is 5.77. The van der Waals surface area contributed by atoms with E-state index in [-0.39, 0.29) is 11.4 Å². The maximum absolute atomic E-state index is 12.2. The minimum atomic E-state index is -0.226. The van der Waals surface area contributed by atoms with Crippen LogP contribution in [0.25, 0.3) is 11.0 Å². The zero-order chi connectivity index (χ0) is 15.0. The third-order valence-corrected chi connectivity index (χ3v) is 4.65. The van der Waals surface area contributed by atoms with Gasteiger partial charge in [0.05, 0.1) is 18.7 Å². The number of aryl methyl sites for hydroxylation is 1. The van der Waals surface area contributed by atoms with Crippen LogP contribution in [0.2, 0.25) is 0 Å². The van der Waals surface area contributed by atoms with Crippen molar-refractivity contribution in [3.8, 4) is 5.75 Å². The molecular formula is C17H22NO3+. The molecule has 4 heteroatoms. The van der Waals surface area contributed by atoms with Gasteiger partial charge in [-0.15, -0.1) is 0 Å². The number of benzene rings is 1. The molecule has 0 amide bonds. The van der Waals surface area contributed by atoms with Crippen molar-refractivity contribution in [3.63, 3.8) is 0 Å². The summed E-state index contributed by atoms with van der Waals surface area (Å²) < 4.78 is 5.58. The van der Waals surface area contributed by atoms with Crippen molar-refractivity contribution in [2.45, 2.75) is 39.7 Å². The van der Waals surface area contributed by atoms with Crippen LogP contribution in [0.4, 0.5) is 0 Å². The molecule has 0 spiro atoms. The molecule has 0 saturated carbocycles. The van der Waals surface area contributed by atoms with Crippen LogP contribution < -0.4 is 10.5 Å². The van der Waals surface area contributed by atoms with E-state index in [1.165, 1.54) is 4.90 Å². The van der Waals surface area contributed by atoms with Crippen molar-refractivity contribution in [1.29, 1.82) is 0 Å². The number of phenols is 1. The highest BCUT2D eigenvalue weighted by Crippen LogP contribution is 2.32. The van der Waals surface area contributed by atoms with E-state index in [0.29, 0.717) is 12.1 Å². The molecule has 0 saturated heterocycles. The fourth-order valence-electron chi connectivity index (χ4n) is 3.31. The first-order valence-electron chi connectivity index (χ1n) is 7.78. The maximum atomic E-state index is 12.2. The monoisotopic (exact) mass is 288 g/mol. The van der Waals surface area contributed by atoms with Gasteiger partial charge in [-0.2, -0.15) is 0 Å². The standard InChI is InChI=1S/C17H21NO3/c1-3-18(4-2)10-14-15(19)9-8-12-11-6-5-7-13(11)17(20)21-16(12)14/h8-9,19H,3-7,10H2,1-2H3/p+1. The Balaban J connectivity index is 2.22. The number of phenolic OH excluding ortho intramolecular Hbond substituents is 1. The van der Waals surface area contributed by atoms with Crippen LogP contribution in [-0.4, -0.2) is 18.2 Å². The molecule has 1 aromatic carbocycles. The number of quaternary nitrogens is 1. The Kier molecular flexibility index (Phi) is 3.72. The molecule has 112 valence electrons. The van der Waals surface area contributed by atoms with E-state index >= 15 is 0 Å². The van der Waals surface area contributed by atoms with Gasteiger partial charge in [-0.1, -0.05) is 0 Å². The molecule has 1 aliphatic carbocycles. The van der Waals surface area contributed by atoms with Gasteiger partial charge in [0.15, 0.2) is 5.58 Å². The quantitative estimate of drug-likeness (QED) is 0.837. The van der Waals surface area contributed by atoms with Gasteiger partial charge in [0, 0.05) is 10.9 Å². The summed E-state index contributed by atoms with van der Waals surface area (Å²) in [6.07, 6.45) is 2.75. The Hall–Kier alpha value is -1.81. The summed E-state index contributed by atoms with van der Waals surface area (Å²) in [7, 11) is 0. The molecule has 0 atom stereocenters. The molecular weight excluding hydrogens is 266 g/mol. The van der Waals surface area contributed by atoms with Gasteiger partial charge in [-0.3, -0.25) is 0 Å². The van der Waals surface area contributed by atoms with Gasteiger partial charge in [0.2, 0.25) is 0 Å². The second-order valence-electron chi connectivity index (χ2n) is 5.77. The van der Waals surface area contributed by atoms with Gasteiger partial charge < -0.3 is 14.4 Å². The van der Waals surface area contributed by atoms with Crippen molar-refractivity contribution in [2.24, 2.45) is 0 Å². The molecule has 4 nitrogen and oxygen atoms in total. The molecule has 21 heavy (non-hydrogen) atoms. The highest BCUT2D eigenvalue weighted by atomic mass is 16.4. The van der Waals surface area contributed by atoms with E-state index in [2.05, 4.69) is 13.8 Å². The summed E-state index contributed by atoms with van der Waals surface area (Å²) in [5.41, 5.74) is 3.07. The van der Waals surface area contributed by atoms with Crippen LogP contribution in [0.15, 0.2) is 21.3 Å². The van der Waals surface area contributed by atoms with Crippen LogP contribution >= 0.6 is 0 Å². The van der Waals surface area contributed by atoms with Crippen molar-refractivity contribution in [1.82, 2.24) is 0 Å². The topological polar surface area (TPSA) is 54.9 Å². The van der Waals surface area contributed by atoms with E-state index < -0.39 is 0 Å². The molecule has 0 radical (unpaired) electrons. The molecule has 0 fully saturated rings. The lowest BCUT2D eigenvalue weighted by Gasteiger charge is -2.17. The smallest absolute Gasteiger partial charge is 0.339 e. The number of nitrogens with one attached hydrogen (secondary N) is 1. The van der Waals surface area contributed by atoms with E-state index in [1.54, 1.807) is 6.07 Å². The SMILES string of the molecule is CC[NH+](CC)Cc1c(O)ccc2c3c(c(=O)oc12)CCC3. The summed E-state index contributed by atoms with van der Waals surface area (Å²) in [6.45, 7) is 6.87. The fourth-order valence-corrected chi connectivity index (χ4v) is 3.31. The molecule has 0 unspecified atom stereocenters. The third kappa shape index (κ3) is 2.33. The number of hydrogen-bond acceptors (Lipinski definition) is 3. The Morgan fingerprint density at radius 2 is 1.90 bits per heavy atom. The van der Waals surface area contributed by atoms with Gasteiger partial charge >= 0.3 is 5.63 Å². The van der Waals surface area contributed by atoms with Gasteiger partial charge in [0.1, 0.15) is 12.3 Å². The highest BCUT2D eigenvalue weighted by molar-refractivity contribution is 5.86. The van der Waals surface area contributed by atoms with E-state index in [0.717, 1.165) is 54.4 Å². The Morgan fingerprint density at radius 1 is 1.19 bits per heavy atom. The summed E-state index contributed by atoms with van der Waals surface area (Å²) in [4.78, 5) is 13.5. The average molecular weight is 288 g/mol. The van der Waals surface area contributed by atoms with Gasteiger partial charge in [-0.25, -0.2) is 4.79 Å². The molecule has 2 N–H and O–H groups in total. The Labute approximate surface area is 124 Å². The van der Waals surface area contributed by atoms with E-state index in [1.807, 2.05) is 6.07 Å². The normalized spacial score (nSPS) is 14.0. The molecule has 1 heterocycles.